The van der Waals surface area contributed by atoms with Crippen LogP contribution in [0.3, 0.4) is 0 Å². The van der Waals surface area contributed by atoms with Crippen molar-refractivity contribution in [2.45, 2.75) is 0 Å². The Labute approximate surface area is 173 Å². The first-order valence-electron chi connectivity index (χ1n) is 7.47. The summed E-state index contributed by atoms with van der Waals surface area (Å²) in [5.74, 6) is 0.956. The number of carbonyl (C=O) groups excluding carboxylic acids is 1. The van der Waals surface area contributed by atoms with Crippen molar-refractivity contribution < 1.29 is 9.53 Å². The normalized spacial score (nSPS) is 15.5. The van der Waals surface area contributed by atoms with Gasteiger partial charge in [0, 0.05) is 10.6 Å². The number of methoxy groups -OCH3 is 1. The van der Waals surface area contributed by atoms with E-state index >= 15 is 0 Å². The van der Waals surface area contributed by atoms with Crippen molar-refractivity contribution in [3.05, 3.63) is 62.4 Å². The van der Waals surface area contributed by atoms with Crippen LogP contribution in [0.25, 0.3) is 6.08 Å². The summed E-state index contributed by atoms with van der Waals surface area (Å²) in [6.07, 6.45) is 1.79. The smallest absolute Gasteiger partial charge is 0.283 e. The molecule has 8 heteroatoms. The molecule has 3 rings (SSSR count). The van der Waals surface area contributed by atoms with Crippen LogP contribution in [0.2, 0.25) is 5.02 Å². The van der Waals surface area contributed by atoms with Crippen molar-refractivity contribution in [2.75, 3.05) is 17.8 Å². The second-order valence-corrected chi connectivity index (χ2v) is 8.66. The SMILES string of the molecule is C=C(Br)CSC1=N/C(=C\c2cccs2)C(=O)N1c1ccc(OC)c(Cl)c1. The lowest BCUT2D eigenvalue weighted by Crippen LogP contribution is -2.30. The Morgan fingerprint density at radius 1 is 1.50 bits per heavy atom. The van der Waals surface area contributed by atoms with Gasteiger partial charge in [-0.15, -0.1) is 11.3 Å². The number of anilines is 1. The average molecular weight is 470 g/mol. The number of amidine groups is 1. The molecule has 26 heavy (non-hydrogen) atoms. The first-order valence-corrected chi connectivity index (χ1v) is 10.5. The first kappa shape index (κ1) is 19.2. The maximum absolute atomic E-state index is 13.0. The largest absolute Gasteiger partial charge is 0.495 e. The number of ether oxygens (including phenoxy) is 1. The minimum atomic E-state index is -0.192. The molecule has 1 aromatic heterocycles. The quantitative estimate of drug-likeness (QED) is 0.520. The van der Waals surface area contributed by atoms with Gasteiger partial charge in [-0.1, -0.05) is 51.9 Å². The van der Waals surface area contributed by atoms with Gasteiger partial charge in [0.25, 0.3) is 5.91 Å². The molecule has 2 heterocycles. The molecule has 0 atom stereocenters. The molecule has 0 saturated carbocycles. The number of hydrogen-bond acceptors (Lipinski definition) is 5. The molecule has 1 amide bonds. The molecule has 4 nitrogen and oxygen atoms in total. The van der Waals surface area contributed by atoms with Gasteiger partial charge < -0.3 is 4.74 Å². The van der Waals surface area contributed by atoms with Gasteiger partial charge in [0.2, 0.25) is 0 Å². The Hall–Kier alpha value is -1.54. The van der Waals surface area contributed by atoms with E-state index in [1.165, 1.54) is 11.8 Å². The van der Waals surface area contributed by atoms with E-state index in [2.05, 4.69) is 27.5 Å². The Morgan fingerprint density at radius 2 is 2.31 bits per heavy atom. The molecule has 1 aliphatic rings. The number of rotatable bonds is 5. The van der Waals surface area contributed by atoms with Crippen molar-refractivity contribution in [3.63, 3.8) is 0 Å². The summed E-state index contributed by atoms with van der Waals surface area (Å²) in [5, 5.41) is 2.98. The third-order valence-electron chi connectivity index (χ3n) is 3.40. The fourth-order valence-corrected chi connectivity index (χ4v) is 4.28. The molecule has 134 valence electrons. The Balaban J connectivity index is 1.98. The Kier molecular flexibility index (Phi) is 6.24. The summed E-state index contributed by atoms with van der Waals surface area (Å²) in [6.45, 7) is 3.84. The molecule has 0 unspecified atom stereocenters. The number of aliphatic imine (C=N–C) groups is 1. The monoisotopic (exact) mass is 468 g/mol. The number of nitrogens with zero attached hydrogens (tertiary/aromatic N) is 2. The van der Waals surface area contributed by atoms with Crippen LogP contribution in [0, 0.1) is 0 Å². The lowest BCUT2D eigenvalue weighted by Gasteiger charge is -2.18. The number of amides is 1. The molecular weight excluding hydrogens is 456 g/mol. The van der Waals surface area contributed by atoms with Crippen LogP contribution < -0.4 is 9.64 Å². The minimum absolute atomic E-state index is 0.192. The van der Waals surface area contributed by atoms with E-state index < -0.39 is 0 Å². The van der Waals surface area contributed by atoms with Gasteiger partial charge in [0.1, 0.15) is 11.4 Å². The molecule has 0 fully saturated rings. The topological polar surface area (TPSA) is 41.9 Å². The summed E-state index contributed by atoms with van der Waals surface area (Å²) in [5.41, 5.74) is 1.03. The van der Waals surface area contributed by atoms with E-state index in [9.17, 15) is 4.79 Å². The fourth-order valence-electron chi connectivity index (χ4n) is 2.27. The standard InChI is InChI=1S/C18H14BrClN2O2S2/c1-11(19)10-26-18-21-15(9-13-4-3-7-25-13)17(23)22(18)12-5-6-16(24-2)14(20)8-12/h3-9H,1,10H2,2H3/b15-9-. The van der Waals surface area contributed by atoms with Gasteiger partial charge in [-0.2, -0.15) is 0 Å². The van der Waals surface area contributed by atoms with E-state index in [-0.39, 0.29) is 5.91 Å². The van der Waals surface area contributed by atoms with Gasteiger partial charge in [0.05, 0.1) is 17.8 Å². The lowest BCUT2D eigenvalue weighted by atomic mass is 10.2. The van der Waals surface area contributed by atoms with E-state index in [0.717, 1.165) is 9.36 Å². The van der Waals surface area contributed by atoms with Crippen LogP contribution in [-0.4, -0.2) is 23.9 Å². The van der Waals surface area contributed by atoms with Crippen LogP contribution in [0.15, 0.2) is 57.5 Å². The molecular formula is C18H14BrClN2O2S2. The molecule has 0 saturated heterocycles. The molecule has 1 aromatic carbocycles. The van der Waals surface area contributed by atoms with Gasteiger partial charge in [-0.05, 0) is 40.2 Å². The third-order valence-corrected chi connectivity index (χ3v) is 6.19. The highest BCUT2D eigenvalue weighted by Gasteiger charge is 2.32. The van der Waals surface area contributed by atoms with Gasteiger partial charge >= 0.3 is 0 Å². The highest BCUT2D eigenvalue weighted by Crippen LogP contribution is 2.35. The highest BCUT2D eigenvalue weighted by atomic mass is 79.9. The molecule has 0 radical (unpaired) electrons. The summed E-state index contributed by atoms with van der Waals surface area (Å²) in [7, 11) is 1.55. The lowest BCUT2D eigenvalue weighted by molar-refractivity contribution is -0.113. The van der Waals surface area contributed by atoms with E-state index in [1.807, 2.05) is 17.5 Å². The second kappa shape index (κ2) is 8.43. The molecule has 0 aliphatic carbocycles. The number of carbonyl (C=O) groups is 1. The third kappa shape index (κ3) is 4.23. The maximum Gasteiger partial charge on any atom is 0.283 e. The summed E-state index contributed by atoms with van der Waals surface area (Å²) < 4.78 is 6.01. The number of hydrogen-bond donors (Lipinski definition) is 0. The molecule has 0 N–H and O–H groups in total. The Morgan fingerprint density at radius 3 is 2.92 bits per heavy atom. The second-order valence-electron chi connectivity index (χ2n) is 5.20. The van der Waals surface area contributed by atoms with Crippen molar-refractivity contribution in [2.24, 2.45) is 4.99 Å². The molecule has 0 spiro atoms. The van der Waals surface area contributed by atoms with Gasteiger partial charge in [-0.25, -0.2) is 4.99 Å². The minimum Gasteiger partial charge on any atom is -0.495 e. The number of halogens is 2. The van der Waals surface area contributed by atoms with Crippen LogP contribution in [0.4, 0.5) is 5.69 Å². The predicted octanol–water partition coefficient (Wildman–Crippen LogP) is 5.80. The maximum atomic E-state index is 13.0. The predicted molar refractivity (Wildman–Crippen MR) is 116 cm³/mol. The zero-order valence-electron chi connectivity index (χ0n) is 13.7. The average Bonchev–Trinajstić information content (AvgIpc) is 3.22. The molecule has 1 aliphatic heterocycles. The van der Waals surface area contributed by atoms with Gasteiger partial charge in [-0.3, -0.25) is 9.69 Å². The van der Waals surface area contributed by atoms with E-state index in [0.29, 0.717) is 33.1 Å². The first-order chi connectivity index (χ1) is 12.5. The number of thioether (sulfide) groups is 1. The number of thiophene rings is 1. The van der Waals surface area contributed by atoms with Crippen molar-refractivity contribution in [1.29, 1.82) is 0 Å². The Bertz CT molecular complexity index is 910. The summed E-state index contributed by atoms with van der Waals surface area (Å²) in [6, 6.07) is 9.10. The van der Waals surface area contributed by atoms with Crippen LogP contribution in [0.5, 0.6) is 5.75 Å². The van der Waals surface area contributed by atoms with Crippen LogP contribution in [0.1, 0.15) is 4.88 Å². The van der Waals surface area contributed by atoms with Crippen molar-refractivity contribution >= 4 is 73.5 Å². The fraction of sp³-hybridized carbons (Fsp3) is 0.111. The summed E-state index contributed by atoms with van der Waals surface area (Å²) in [4.78, 5) is 20.0. The molecule has 0 bridgehead atoms. The highest BCUT2D eigenvalue weighted by molar-refractivity contribution is 9.11. The van der Waals surface area contributed by atoms with Crippen molar-refractivity contribution in [3.8, 4) is 5.75 Å². The van der Waals surface area contributed by atoms with Crippen molar-refractivity contribution in [1.82, 2.24) is 0 Å². The molecule has 2 aromatic rings. The van der Waals surface area contributed by atoms with E-state index in [4.69, 9.17) is 16.3 Å². The summed E-state index contributed by atoms with van der Waals surface area (Å²) >= 11 is 12.6. The van der Waals surface area contributed by atoms with E-state index in [1.54, 1.807) is 47.6 Å². The van der Waals surface area contributed by atoms with Crippen LogP contribution in [-0.2, 0) is 4.79 Å². The van der Waals surface area contributed by atoms with Gasteiger partial charge in [0.15, 0.2) is 5.17 Å². The number of benzene rings is 1. The zero-order chi connectivity index (χ0) is 18.7. The van der Waals surface area contributed by atoms with Crippen LogP contribution >= 0.6 is 50.6 Å². The zero-order valence-corrected chi connectivity index (χ0v) is 17.7.